The van der Waals surface area contributed by atoms with Crippen LogP contribution in [-0.4, -0.2) is 41.4 Å². The van der Waals surface area contributed by atoms with Gasteiger partial charge in [-0.05, 0) is 30.5 Å². The number of unbranched alkanes of at least 4 members (excludes halogenated alkanes) is 3. The molecule has 1 aromatic carbocycles. The topological polar surface area (TPSA) is 119 Å². The lowest BCUT2D eigenvalue weighted by Gasteiger charge is -2.15. The lowest BCUT2D eigenvalue weighted by atomic mass is 10.1. The van der Waals surface area contributed by atoms with Crippen molar-refractivity contribution in [2.75, 3.05) is 13.2 Å². The molecule has 0 saturated carbocycles. The molecule has 2 atom stereocenters. The van der Waals surface area contributed by atoms with Gasteiger partial charge in [-0.15, -0.1) is 0 Å². The molecule has 1 aromatic rings. The van der Waals surface area contributed by atoms with E-state index in [2.05, 4.69) is 6.92 Å². The van der Waals surface area contributed by atoms with Crippen LogP contribution in [0.25, 0.3) is 0 Å². The molecule has 27 heavy (non-hydrogen) atoms. The van der Waals surface area contributed by atoms with Crippen LogP contribution in [-0.2, 0) is 25.5 Å². The molecule has 0 saturated heterocycles. The van der Waals surface area contributed by atoms with Crippen molar-refractivity contribution < 1.29 is 29.3 Å². The first-order valence-electron chi connectivity index (χ1n) is 9.42. The molecule has 1 rings (SSSR count). The van der Waals surface area contributed by atoms with Gasteiger partial charge < -0.3 is 25.4 Å². The zero-order valence-corrected chi connectivity index (χ0v) is 16.1. The first-order valence-corrected chi connectivity index (χ1v) is 9.42. The van der Waals surface area contributed by atoms with E-state index >= 15 is 0 Å². The summed E-state index contributed by atoms with van der Waals surface area (Å²) in [6, 6.07) is 3.37. The van der Waals surface area contributed by atoms with Gasteiger partial charge in [-0.2, -0.15) is 0 Å². The molecule has 0 aromatic heterocycles. The Kier molecular flexibility index (Phi) is 10.3. The van der Waals surface area contributed by atoms with E-state index in [0.29, 0.717) is 12.0 Å². The van der Waals surface area contributed by atoms with E-state index in [9.17, 15) is 19.8 Å². The molecule has 0 aliphatic rings. The quantitative estimate of drug-likeness (QED) is 0.289. The Morgan fingerprint density at radius 3 is 2.44 bits per heavy atom. The van der Waals surface area contributed by atoms with Crippen LogP contribution in [0.15, 0.2) is 18.2 Å². The predicted molar refractivity (Wildman–Crippen MR) is 101 cm³/mol. The number of rotatable bonds is 12. The van der Waals surface area contributed by atoms with Gasteiger partial charge in [0.2, 0.25) is 0 Å². The van der Waals surface area contributed by atoms with Crippen LogP contribution in [0.2, 0.25) is 0 Å². The van der Waals surface area contributed by atoms with Crippen molar-refractivity contribution in [1.82, 2.24) is 0 Å². The van der Waals surface area contributed by atoms with Gasteiger partial charge in [0.15, 0.2) is 11.5 Å². The minimum Gasteiger partial charge on any atom is -0.504 e. The van der Waals surface area contributed by atoms with Crippen molar-refractivity contribution in [3.05, 3.63) is 23.8 Å². The Morgan fingerprint density at radius 2 is 1.78 bits per heavy atom. The molecule has 1 unspecified atom stereocenters. The second kappa shape index (κ2) is 12.2. The fourth-order valence-electron chi connectivity index (χ4n) is 2.42. The van der Waals surface area contributed by atoms with Gasteiger partial charge in [-0.1, -0.05) is 39.2 Å². The molecule has 0 spiro atoms. The van der Waals surface area contributed by atoms with Crippen LogP contribution in [0.1, 0.15) is 51.5 Å². The second-order valence-corrected chi connectivity index (χ2v) is 6.86. The molecule has 152 valence electrons. The minimum atomic E-state index is -0.887. The normalized spacial score (nSPS) is 13.0. The first kappa shape index (κ1) is 22.8. The van der Waals surface area contributed by atoms with Crippen LogP contribution in [0.3, 0.4) is 0 Å². The molecule has 4 N–H and O–H groups in total. The first-order chi connectivity index (χ1) is 12.8. The maximum absolute atomic E-state index is 12.0. The largest absolute Gasteiger partial charge is 0.504 e. The number of carbonyl (C=O) groups excluding carboxylic acids is 2. The van der Waals surface area contributed by atoms with Gasteiger partial charge in [0, 0.05) is 12.3 Å². The van der Waals surface area contributed by atoms with E-state index in [-0.39, 0.29) is 43.0 Å². The number of esters is 2. The molecule has 0 aliphatic heterocycles. The van der Waals surface area contributed by atoms with E-state index in [1.54, 1.807) is 6.07 Å². The van der Waals surface area contributed by atoms with Crippen molar-refractivity contribution in [1.29, 1.82) is 0 Å². The van der Waals surface area contributed by atoms with Gasteiger partial charge in [-0.25, -0.2) is 0 Å². The molecule has 7 nitrogen and oxygen atoms in total. The lowest BCUT2D eigenvalue weighted by molar-refractivity contribution is -0.149. The molecule has 7 heteroatoms. The summed E-state index contributed by atoms with van der Waals surface area (Å²) in [6.07, 6.45) is 4.68. The molecule has 0 bridgehead atoms. The predicted octanol–water partition coefficient (Wildman–Crippen LogP) is 2.66. The van der Waals surface area contributed by atoms with Crippen LogP contribution < -0.4 is 5.73 Å². The SMILES string of the molecule is CCCCCCC(=O)OCC(C)COC(=O)[C@@H](N)Cc1ccc(O)c(O)c1. The number of nitrogens with two attached hydrogens (primary N) is 1. The summed E-state index contributed by atoms with van der Waals surface area (Å²) in [4.78, 5) is 23.6. The summed E-state index contributed by atoms with van der Waals surface area (Å²) < 4.78 is 10.4. The maximum atomic E-state index is 12.0. The molecular formula is C20H31NO6. The van der Waals surface area contributed by atoms with Gasteiger partial charge in [-0.3, -0.25) is 9.59 Å². The molecule has 0 radical (unpaired) electrons. The highest BCUT2D eigenvalue weighted by Crippen LogP contribution is 2.25. The number of phenolic OH excluding ortho intramolecular Hbond substituents is 2. The summed E-state index contributed by atoms with van der Waals surface area (Å²) in [5.74, 6) is -1.42. The van der Waals surface area contributed by atoms with Crippen LogP contribution >= 0.6 is 0 Å². The van der Waals surface area contributed by atoms with Gasteiger partial charge in [0.05, 0.1) is 13.2 Å². The van der Waals surface area contributed by atoms with Crippen molar-refractivity contribution >= 4 is 11.9 Å². The highest BCUT2D eigenvalue weighted by molar-refractivity contribution is 5.76. The molecule has 0 amide bonds. The summed E-state index contributed by atoms with van der Waals surface area (Å²) in [5.41, 5.74) is 6.43. The van der Waals surface area contributed by atoms with Crippen molar-refractivity contribution in [2.45, 2.75) is 58.4 Å². The number of phenols is 2. The van der Waals surface area contributed by atoms with E-state index in [4.69, 9.17) is 15.2 Å². The Hall–Kier alpha value is -2.28. The number of aromatic hydroxyl groups is 2. The highest BCUT2D eigenvalue weighted by Gasteiger charge is 2.18. The van der Waals surface area contributed by atoms with Crippen LogP contribution in [0, 0.1) is 5.92 Å². The molecular weight excluding hydrogens is 350 g/mol. The van der Waals surface area contributed by atoms with E-state index < -0.39 is 12.0 Å². The zero-order chi connectivity index (χ0) is 20.2. The van der Waals surface area contributed by atoms with Gasteiger partial charge in [0.25, 0.3) is 0 Å². The third-order valence-electron chi connectivity index (χ3n) is 4.07. The van der Waals surface area contributed by atoms with E-state index in [1.807, 2.05) is 6.92 Å². The smallest absolute Gasteiger partial charge is 0.323 e. The average Bonchev–Trinajstić information content (AvgIpc) is 2.64. The van der Waals surface area contributed by atoms with Crippen LogP contribution in [0.5, 0.6) is 11.5 Å². The van der Waals surface area contributed by atoms with Crippen molar-refractivity contribution in [2.24, 2.45) is 11.7 Å². The third kappa shape index (κ3) is 9.28. The third-order valence-corrected chi connectivity index (χ3v) is 4.07. The number of benzene rings is 1. The van der Waals surface area contributed by atoms with Crippen molar-refractivity contribution in [3.8, 4) is 11.5 Å². The fourth-order valence-corrected chi connectivity index (χ4v) is 2.42. The fraction of sp³-hybridized carbons (Fsp3) is 0.600. The highest BCUT2D eigenvalue weighted by atomic mass is 16.5. The van der Waals surface area contributed by atoms with E-state index in [0.717, 1.165) is 25.7 Å². The Bertz CT molecular complexity index is 604. The molecule has 0 fully saturated rings. The number of ether oxygens (including phenoxy) is 2. The van der Waals surface area contributed by atoms with Crippen LogP contribution in [0.4, 0.5) is 0 Å². The minimum absolute atomic E-state index is 0.108. The Morgan fingerprint density at radius 1 is 1.07 bits per heavy atom. The lowest BCUT2D eigenvalue weighted by Crippen LogP contribution is -2.35. The van der Waals surface area contributed by atoms with Gasteiger partial charge in [0.1, 0.15) is 6.04 Å². The number of hydrogen-bond acceptors (Lipinski definition) is 7. The molecule has 0 heterocycles. The standard InChI is InChI=1S/C20H31NO6/c1-3-4-5-6-7-19(24)26-12-14(2)13-27-20(25)16(21)10-15-8-9-17(22)18(23)11-15/h8-9,11,14,16,22-23H,3-7,10,12-13,21H2,1-2H3/t14?,16-/m0/s1. The number of carbonyl (C=O) groups is 2. The summed E-state index contributed by atoms with van der Waals surface area (Å²) >= 11 is 0. The second-order valence-electron chi connectivity index (χ2n) is 6.86. The Labute approximate surface area is 160 Å². The summed E-state index contributed by atoms with van der Waals surface area (Å²) in [7, 11) is 0. The molecule has 0 aliphatic carbocycles. The van der Waals surface area contributed by atoms with Crippen molar-refractivity contribution in [3.63, 3.8) is 0 Å². The monoisotopic (exact) mass is 381 g/mol. The summed E-state index contributed by atoms with van der Waals surface area (Å²) in [6.45, 7) is 4.24. The average molecular weight is 381 g/mol. The number of hydrogen-bond donors (Lipinski definition) is 3. The Balaban J connectivity index is 2.25. The van der Waals surface area contributed by atoms with Gasteiger partial charge >= 0.3 is 11.9 Å². The summed E-state index contributed by atoms with van der Waals surface area (Å²) in [5, 5.41) is 18.7. The van der Waals surface area contributed by atoms with E-state index in [1.165, 1.54) is 12.1 Å². The maximum Gasteiger partial charge on any atom is 0.323 e. The zero-order valence-electron chi connectivity index (χ0n) is 16.1.